The minimum absolute atomic E-state index is 0.119. The maximum absolute atomic E-state index is 13.3. The Bertz CT molecular complexity index is 919. The van der Waals surface area contributed by atoms with Crippen LogP contribution >= 0.6 is 11.3 Å². The van der Waals surface area contributed by atoms with E-state index in [1.54, 1.807) is 4.40 Å². The average molecular weight is 335 g/mol. The summed E-state index contributed by atoms with van der Waals surface area (Å²) in [4.78, 5) is 17.2. The zero-order valence-corrected chi connectivity index (χ0v) is 13.5. The largest absolute Gasteiger partial charge is 0.305 e. The molecule has 0 aliphatic carbocycles. The normalized spacial score (nSPS) is 12.7. The van der Waals surface area contributed by atoms with Gasteiger partial charge >= 0.3 is 0 Å². The molecule has 0 spiro atoms. The van der Waals surface area contributed by atoms with Gasteiger partial charge in [-0.1, -0.05) is 6.07 Å². The molecule has 23 heavy (non-hydrogen) atoms. The third-order valence-corrected chi connectivity index (χ3v) is 4.61. The number of halogens is 2. The van der Waals surface area contributed by atoms with Crippen LogP contribution in [0.25, 0.3) is 4.96 Å². The molecule has 0 aliphatic rings. The van der Waals surface area contributed by atoms with Gasteiger partial charge in [0.15, 0.2) is 16.6 Å². The maximum Gasteiger partial charge on any atom is 0.259 e. The molecular weight excluding hydrogens is 320 g/mol. The predicted octanol–water partition coefficient (Wildman–Crippen LogP) is 3.19. The summed E-state index contributed by atoms with van der Waals surface area (Å²) in [6.45, 7) is 4.06. The number of benzene rings is 1. The van der Waals surface area contributed by atoms with Crippen LogP contribution in [0.5, 0.6) is 0 Å². The van der Waals surface area contributed by atoms with Crippen molar-refractivity contribution in [3.05, 3.63) is 68.6 Å². The Morgan fingerprint density at radius 2 is 2.09 bits per heavy atom. The molecule has 3 aromatic rings. The molecule has 1 N–H and O–H groups in total. The van der Waals surface area contributed by atoms with E-state index in [9.17, 15) is 13.6 Å². The fourth-order valence-corrected chi connectivity index (χ4v) is 3.24. The number of nitrogens with one attached hydrogen (secondary N) is 1. The Kier molecular flexibility index (Phi) is 4.23. The number of nitrogens with zero attached hydrogens (tertiary/aromatic N) is 2. The van der Waals surface area contributed by atoms with Crippen molar-refractivity contribution in [1.82, 2.24) is 14.7 Å². The van der Waals surface area contributed by atoms with E-state index in [4.69, 9.17) is 0 Å². The van der Waals surface area contributed by atoms with Gasteiger partial charge in [0, 0.05) is 29.7 Å². The number of rotatable bonds is 4. The summed E-state index contributed by atoms with van der Waals surface area (Å²) < 4.78 is 27.8. The lowest BCUT2D eigenvalue weighted by Crippen LogP contribution is -2.22. The molecule has 2 heterocycles. The molecule has 0 saturated heterocycles. The minimum Gasteiger partial charge on any atom is -0.305 e. The SMILES string of the molecule is Cc1csc2nc(CNC(C)c3ccc(F)c(F)c3)cc(=O)n12. The van der Waals surface area contributed by atoms with Gasteiger partial charge < -0.3 is 5.32 Å². The summed E-state index contributed by atoms with van der Waals surface area (Å²) in [6.07, 6.45) is 0. The Morgan fingerprint density at radius 3 is 2.83 bits per heavy atom. The summed E-state index contributed by atoms with van der Waals surface area (Å²) in [7, 11) is 0. The zero-order chi connectivity index (χ0) is 16.6. The molecule has 7 heteroatoms. The molecule has 2 aromatic heterocycles. The van der Waals surface area contributed by atoms with E-state index in [0.717, 1.165) is 11.8 Å². The van der Waals surface area contributed by atoms with Gasteiger partial charge in [-0.05, 0) is 31.5 Å². The number of hydrogen-bond acceptors (Lipinski definition) is 4. The fraction of sp³-hybridized carbons (Fsp3) is 0.250. The van der Waals surface area contributed by atoms with Crippen LogP contribution in [0.1, 0.15) is 29.9 Å². The molecule has 0 amide bonds. The van der Waals surface area contributed by atoms with Crippen LogP contribution in [-0.4, -0.2) is 9.38 Å². The van der Waals surface area contributed by atoms with Gasteiger partial charge in [-0.15, -0.1) is 11.3 Å². The number of aryl methyl sites for hydroxylation is 1. The van der Waals surface area contributed by atoms with E-state index < -0.39 is 11.6 Å². The van der Waals surface area contributed by atoms with Crippen molar-refractivity contribution >= 4 is 16.3 Å². The molecule has 0 radical (unpaired) electrons. The van der Waals surface area contributed by atoms with Gasteiger partial charge in [-0.2, -0.15) is 0 Å². The van der Waals surface area contributed by atoms with Gasteiger partial charge in [0.05, 0.1) is 5.69 Å². The smallest absolute Gasteiger partial charge is 0.259 e. The van der Waals surface area contributed by atoms with Crippen molar-refractivity contribution in [1.29, 1.82) is 0 Å². The van der Waals surface area contributed by atoms with Gasteiger partial charge in [0.25, 0.3) is 5.56 Å². The van der Waals surface area contributed by atoms with Crippen molar-refractivity contribution in [2.24, 2.45) is 0 Å². The first-order chi connectivity index (χ1) is 11.0. The van der Waals surface area contributed by atoms with Crippen molar-refractivity contribution in [3.63, 3.8) is 0 Å². The molecule has 0 saturated carbocycles. The highest BCUT2D eigenvalue weighted by molar-refractivity contribution is 7.15. The third kappa shape index (κ3) is 3.16. The van der Waals surface area contributed by atoms with Gasteiger partial charge in [-0.3, -0.25) is 9.20 Å². The highest BCUT2D eigenvalue weighted by Gasteiger charge is 2.11. The number of hydrogen-bond donors (Lipinski definition) is 1. The van der Waals surface area contributed by atoms with Crippen molar-refractivity contribution < 1.29 is 8.78 Å². The molecule has 120 valence electrons. The number of thiazole rings is 1. The van der Waals surface area contributed by atoms with Gasteiger partial charge in [-0.25, -0.2) is 13.8 Å². The second kappa shape index (κ2) is 6.17. The van der Waals surface area contributed by atoms with E-state index in [1.807, 2.05) is 19.2 Å². The molecule has 0 bridgehead atoms. The van der Waals surface area contributed by atoms with E-state index in [0.29, 0.717) is 22.8 Å². The van der Waals surface area contributed by atoms with E-state index >= 15 is 0 Å². The molecule has 1 atom stereocenters. The summed E-state index contributed by atoms with van der Waals surface area (Å²) in [5.41, 5.74) is 1.99. The first-order valence-corrected chi connectivity index (χ1v) is 7.99. The fourth-order valence-electron chi connectivity index (χ4n) is 2.35. The van der Waals surface area contributed by atoms with Crippen LogP contribution in [0.3, 0.4) is 0 Å². The number of fused-ring (bicyclic) bond motifs is 1. The van der Waals surface area contributed by atoms with Gasteiger partial charge in [0.2, 0.25) is 0 Å². The average Bonchev–Trinajstić information content (AvgIpc) is 2.89. The predicted molar refractivity (Wildman–Crippen MR) is 85.7 cm³/mol. The van der Waals surface area contributed by atoms with Crippen LogP contribution in [0, 0.1) is 18.6 Å². The topological polar surface area (TPSA) is 46.4 Å². The quantitative estimate of drug-likeness (QED) is 0.796. The van der Waals surface area contributed by atoms with Crippen LogP contribution in [0.2, 0.25) is 0 Å². The summed E-state index contributed by atoms with van der Waals surface area (Å²) in [6, 6.07) is 5.09. The number of aromatic nitrogens is 2. The van der Waals surface area contributed by atoms with Crippen LogP contribution in [-0.2, 0) is 6.54 Å². The van der Waals surface area contributed by atoms with E-state index in [-0.39, 0.29) is 11.6 Å². The summed E-state index contributed by atoms with van der Waals surface area (Å²) in [5, 5.41) is 5.05. The molecule has 0 aliphatic heterocycles. The molecule has 1 aromatic carbocycles. The Morgan fingerprint density at radius 1 is 1.30 bits per heavy atom. The Balaban J connectivity index is 1.77. The lowest BCUT2D eigenvalue weighted by atomic mass is 10.1. The van der Waals surface area contributed by atoms with Crippen LogP contribution in [0.15, 0.2) is 34.4 Å². The summed E-state index contributed by atoms with van der Waals surface area (Å²) >= 11 is 1.41. The Labute approximate surface area is 135 Å². The lowest BCUT2D eigenvalue weighted by molar-refractivity contribution is 0.500. The van der Waals surface area contributed by atoms with Crippen molar-refractivity contribution in [3.8, 4) is 0 Å². The van der Waals surface area contributed by atoms with Gasteiger partial charge in [0.1, 0.15) is 0 Å². The van der Waals surface area contributed by atoms with Crippen LogP contribution < -0.4 is 10.9 Å². The maximum atomic E-state index is 13.3. The standard InChI is InChI=1S/C16H15F2N3OS/c1-9-8-23-16-20-12(6-15(22)21(9)16)7-19-10(2)11-3-4-13(17)14(18)5-11/h3-6,8,10,19H,7H2,1-2H3. The highest BCUT2D eigenvalue weighted by Crippen LogP contribution is 2.17. The molecule has 0 fully saturated rings. The second-order valence-corrected chi connectivity index (χ2v) is 6.19. The molecule has 3 rings (SSSR count). The molecule has 4 nitrogen and oxygen atoms in total. The first kappa shape index (κ1) is 15.8. The monoisotopic (exact) mass is 335 g/mol. The minimum atomic E-state index is -0.872. The highest BCUT2D eigenvalue weighted by atomic mass is 32.1. The van der Waals surface area contributed by atoms with Crippen LogP contribution in [0.4, 0.5) is 8.78 Å². The second-order valence-electron chi connectivity index (χ2n) is 5.36. The van der Waals surface area contributed by atoms with Crippen molar-refractivity contribution in [2.45, 2.75) is 26.4 Å². The molecular formula is C16H15F2N3OS. The Hall–Kier alpha value is -2.12. The van der Waals surface area contributed by atoms with E-state index in [2.05, 4.69) is 10.3 Å². The lowest BCUT2D eigenvalue weighted by Gasteiger charge is -2.14. The summed E-state index contributed by atoms with van der Waals surface area (Å²) in [5.74, 6) is -1.74. The first-order valence-electron chi connectivity index (χ1n) is 7.11. The molecule has 1 unspecified atom stereocenters. The van der Waals surface area contributed by atoms with E-state index in [1.165, 1.54) is 29.5 Å². The third-order valence-electron chi connectivity index (χ3n) is 3.66. The zero-order valence-electron chi connectivity index (χ0n) is 12.6. The van der Waals surface area contributed by atoms with Crippen molar-refractivity contribution in [2.75, 3.05) is 0 Å².